The van der Waals surface area contributed by atoms with Gasteiger partial charge < -0.3 is 4.57 Å². The average molecular weight is 227 g/mol. The summed E-state index contributed by atoms with van der Waals surface area (Å²) in [6.45, 7) is 1.05. The maximum atomic E-state index is 4.50. The third-order valence-corrected chi connectivity index (χ3v) is 3.63. The lowest BCUT2D eigenvalue weighted by molar-refractivity contribution is 0.477. The summed E-state index contributed by atoms with van der Waals surface area (Å²) in [5, 5.41) is 0. The molecule has 17 heavy (non-hydrogen) atoms. The Kier molecular flexibility index (Phi) is 2.90. The molecule has 0 aromatic carbocycles. The van der Waals surface area contributed by atoms with Crippen molar-refractivity contribution < 1.29 is 0 Å². The Labute approximate surface area is 102 Å². The van der Waals surface area contributed by atoms with E-state index in [2.05, 4.69) is 26.7 Å². The second kappa shape index (κ2) is 4.70. The van der Waals surface area contributed by atoms with Crippen molar-refractivity contribution in [2.75, 3.05) is 0 Å². The van der Waals surface area contributed by atoms with Crippen LogP contribution in [0.2, 0.25) is 0 Å². The van der Waals surface area contributed by atoms with Gasteiger partial charge in [-0.1, -0.05) is 6.07 Å². The second-order valence-electron chi connectivity index (χ2n) is 4.72. The molecule has 0 aliphatic heterocycles. The number of nitrogens with zero attached hydrogens (tertiary/aromatic N) is 3. The van der Waals surface area contributed by atoms with Crippen molar-refractivity contribution in [2.24, 2.45) is 0 Å². The first-order chi connectivity index (χ1) is 8.43. The zero-order chi connectivity index (χ0) is 11.5. The van der Waals surface area contributed by atoms with Crippen molar-refractivity contribution in [2.45, 2.75) is 38.1 Å². The molecule has 2 aromatic heterocycles. The van der Waals surface area contributed by atoms with Crippen LogP contribution in [0, 0.1) is 0 Å². The predicted octanol–water partition coefficient (Wildman–Crippen LogP) is 2.79. The molecule has 0 amide bonds. The van der Waals surface area contributed by atoms with Crippen LogP contribution in [0.15, 0.2) is 37.1 Å². The maximum Gasteiger partial charge on any atom is 0.0945 e. The first-order valence-electron chi connectivity index (χ1n) is 6.33. The Balaban J connectivity index is 1.72. The zero-order valence-electron chi connectivity index (χ0n) is 9.92. The number of imidazole rings is 1. The molecule has 0 saturated heterocycles. The van der Waals surface area contributed by atoms with Crippen molar-refractivity contribution >= 4 is 0 Å². The van der Waals surface area contributed by atoms with Gasteiger partial charge in [-0.25, -0.2) is 4.98 Å². The van der Waals surface area contributed by atoms with Gasteiger partial charge in [-0.05, 0) is 43.2 Å². The molecule has 3 nitrogen and oxygen atoms in total. The molecule has 3 rings (SSSR count). The molecule has 3 heteroatoms. The average Bonchev–Trinajstić information content (AvgIpc) is 2.89. The number of hydrogen-bond donors (Lipinski definition) is 0. The monoisotopic (exact) mass is 227 g/mol. The highest BCUT2D eigenvalue weighted by molar-refractivity contribution is 5.26. The number of pyridine rings is 1. The first-order valence-corrected chi connectivity index (χ1v) is 6.33. The van der Waals surface area contributed by atoms with Gasteiger partial charge in [0.15, 0.2) is 0 Å². The van der Waals surface area contributed by atoms with Crippen LogP contribution in [-0.2, 0) is 13.0 Å². The van der Waals surface area contributed by atoms with Crippen LogP contribution < -0.4 is 0 Å². The van der Waals surface area contributed by atoms with Gasteiger partial charge in [-0.2, -0.15) is 0 Å². The van der Waals surface area contributed by atoms with E-state index in [4.69, 9.17) is 0 Å². The lowest BCUT2D eigenvalue weighted by atomic mass is 9.83. The topological polar surface area (TPSA) is 30.7 Å². The standard InChI is InChI=1S/C14H17N3/c1-3-12(6-9-17-10-8-15-11-17)13-4-2-7-16-14(13)5-1/h2,4,7-8,10-12H,1,3,5-6,9H2/t12-/m1/s1. The van der Waals surface area contributed by atoms with Gasteiger partial charge in [-0.3, -0.25) is 4.98 Å². The van der Waals surface area contributed by atoms with E-state index in [1.54, 1.807) is 0 Å². The molecule has 88 valence electrons. The molecule has 0 spiro atoms. The number of fused-ring (bicyclic) bond motifs is 1. The van der Waals surface area contributed by atoms with E-state index in [1.807, 2.05) is 24.9 Å². The lowest BCUT2D eigenvalue weighted by Crippen LogP contribution is -2.13. The highest BCUT2D eigenvalue weighted by Gasteiger charge is 2.20. The zero-order valence-corrected chi connectivity index (χ0v) is 9.92. The van der Waals surface area contributed by atoms with Crippen molar-refractivity contribution in [1.29, 1.82) is 0 Å². The second-order valence-corrected chi connectivity index (χ2v) is 4.72. The first kappa shape index (κ1) is 10.5. The molecule has 0 fully saturated rings. The summed E-state index contributed by atoms with van der Waals surface area (Å²) in [4.78, 5) is 8.58. The van der Waals surface area contributed by atoms with Crippen LogP contribution >= 0.6 is 0 Å². The van der Waals surface area contributed by atoms with Gasteiger partial charge in [0, 0.05) is 30.8 Å². The van der Waals surface area contributed by atoms with Gasteiger partial charge in [0.1, 0.15) is 0 Å². The van der Waals surface area contributed by atoms with Gasteiger partial charge >= 0.3 is 0 Å². The van der Waals surface area contributed by atoms with Gasteiger partial charge in [0.05, 0.1) is 6.33 Å². The van der Waals surface area contributed by atoms with Crippen LogP contribution in [0.25, 0.3) is 0 Å². The lowest BCUT2D eigenvalue weighted by Gasteiger charge is -2.24. The predicted molar refractivity (Wildman–Crippen MR) is 66.8 cm³/mol. The summed E-state index contributed by atoms with van der Waals surface area (Å²) < 4.78 is 2.16. The Morgan fingerprint density at radius 3 is 3.24 bits per heavy atom. The van der Waals surface area contributed by atoms with E-state index in [1.165, 1.54) is 30.5 Å². The normalized spacial score (nSPS) is 18.9. The van der Waals surface area contributed by atoms with Crippen molar-refractivity contribution in [3.05, 3.63) is 48.3 Å². The Morgan fingerprint density at radius 2 is 2.35 bits per heavy atom. The number of hydrogen-bond acceptors (Lipinski definition) is 2. The minimum atomic E-state index is 0.676. The van der Waals surface area contributed by atoms with E-state index in [9.17, 15) is 0 Å². The molecule has 2 aromatic rings. The van der Waals surface area contributed by atoms with Crippen molar-refractivity contribution in [1.82, 2.24) is 14.5 Å². The summed E-state index contributed by atoms with van der Waals surface area (Å²) in [5.41, 5.74) is 2.79. The minimum absolute atomic E-state index is 0.676. The van der Waals surface area contributed by atoms with E-state index < -0.39 is 0 Å². The van der Waals surface area contributed by atoms with E-state index in [-0.39, 0.29) is 0 Å². The number of aromatic nitrogens is 3. The highest BCUT2D eigenvalue weighted by atomic mass is 15.0. The fourth-order valence-corrected chi connectivity index (χ4v) is 2.73. The Hall–Kier alpha value is -1.64. The molecular formula is C14H17N3. The van der Waals surface area contributed by atoms with E-state index in [0.29, 0.717) is 5.92 Å². The highest BCUT2D eigenvalue weighted by Crippen LogP contribution is 2.32. The molecule has 1 aliphatic carbocycles. The largest absolute Gasteiger partial charge is 0.337 e. The third-order valence-electron chi connectivity index (χ3n) is 3.63. The molecule has 0 bridgehead atoms. The van der Waals surface area contributed by atoms with Crippen molar-refractivity contribution in [3.8, 4) is 0 Å². The maximum absolute atomic E-state index is 4.50. The summed E-state index contributed by atoms with van der Waals surface area (Å²) >= 11 is 0. The fourth-order valence-electron chi connectivity index (χ4n) is 2.73. The van der Waals surface area contributed by atoms with Gasteiger partial charge in [0.25, 0.3) is 0 Å². The van der Waals surface area contributed by atoms with Crippen LogP contribution in [0.4, 0.5) is 0 Å². The van der Waals surface area contributed by atoms with Gasteiger partial charge in [0.2, 0.25) is 0 Å². The van der Waals surface area contributed by atoms with Crippen LogP contribution in [0.5, 0.6) is 0 Å². The van der Waals surface area contributed by atoms with E-state index in [0.717, 1.165) is 13.0 Å². The molecule has 0 unspecified atom stereocenters. The van der Waals surface area contributed by atoms with Crippen LogP contribution in [0.1, 0.15) is 36.4 Å². The molecular weight excluding hydrogens is 210 g/mol. The Bertz CT molecular complexity index is 476. The summed E-state index contributed by atoms with van der Waals surface area (Å²) in [7, 11) is 0. The minimum Gasteiger partial charge on any atom is -0.337 e. The van der Waals surface area contributed by atoms with Crippen LogP contribution in [-0.4, -0.2) is 14.5 Å². The van der Waals surface area contributed by atoms with E-state index >= 15 is 0 Å². The van der Waals surface area contributed by atoms with Crippen LogP contribution in [0.3, 0.4) is 0 Å². The smallest absolute Gasteiger partial charge is 0.0945 e. The Morgan fingerprint density at radius 1 is 1.35 bits per heavy atom. The molecule has 0 N–H and O–H groups in total. The summed E-state index contributed by atoms with van der Waals surface area (Å²) in [6.07, 6.45) is 12.6. The molecule has 2 heterocycles. The third kappa shape index (κ3) is 2.23. The molecule has 0 saturated carbocycles. The summed E-state index contributed by atoms with van der Waals surface area (Å²) in [6, 6.07) is 4.31. The molecule has 0 radical (unpaired) electrons. The van der Waals surface area contributed by atoms with Gasteiger partial charge in [-0.15, -0.1) is 0 Å². The van der Waals surface area contributed by atoms with Crippen molar-refractivity contribution in [3.63, 3.8) is 0 Å². The molecule has 1 atom stereocenters. The quantitative estimate of drug-likeness (QED) is 0.807. The fraction of sp³-hybridized carbons (Fsp3) is 0.429. The SMILES string of the molecule is c1cnc2c(c1)[C@@H](CCn1ccnc1)CCC2. The summed E-state index contributed by atoms with van der Waals surface area (Å²) in [5.74, 6) is 0.676. The number of rotatable bonds is 3. The number of aryl methyl sites for hydroxylation is 2. The molecule has 1 aliphatic rings.